The topological polar surface area (TPSA) is 54.7 Å². The second-order valence-electron chi connectivity index (χ2n) is 3.44. The summed E-state index contributed by atoms with van der Waals surface area (Å²) in [4.78, 5) is 6.98. The second kappa shape index (κ2) is 4.40. The maximum atomic E-state index is 13.1. The maximum absolute atomic E-state index is 13.1. The van der Waals surface area contributed by atoms with E-state index in [2.05, 4.69) is 9.97 Å². The van der Waals surface area contributed by atoms with Gasteiger partial charge in [-0.15, -0.1) is 0 Å². The van der Waals surface area contributed by atoms with Crippen LogP contribution in [0.2, 0.25) is 0 Å². The number of nitrogens with one attached hydrogen (secondary N) is 1. The zero-order chi connectivity index (χ0) is 11.5. The van der Waals surface area contributed by atoms with Crippen molar-refractivity contribution in [1.29, 1.82) is 0 Å². The molecule has 0 fully saturated rings. The summed E-state index contributed by atoms with van der Waals surface area (Å²) >= 11 is 0. The van der Waals surface area contributed by atoms with Crippen LogP contribution in [0.25, 0.3) is 0 Å². The minimum atomic E-state index is -0.873. The molecular weight excluding hydrogens is 212 g/mol. The first-order chi connectivity index (χ1) is 7.72. The molecule has 2 rings (SSSR count). The Balaban J connectivity index is 2.37. The molecule has 2 aromatic rings. The van der Waals surface area contributed by atoms with Gasteiger partial charge in [-0.05, 0) is 17.7 Å². The Hall–Kier alpha value is -1.75. The predicted octanol–water partition coefficient (Wildman–Crippen LogP) is 1.78. The van der Waals surface area contributed by atoms with Gasteiger partial charge in [-0.1, -0.05) is 6.07 Å². The van der Waals surface area contributed by atoms with Crippen molar-refractivity contribution in [3.05, 3.63) is 53.6 Å². The standard InChI is InChI=1S/C11H11F2N3/c12-9-2-1-7(5-10(9)13)8(6-14)11-15-3-4-16-11/h1-5,8H,6,14H2,(H,15,16). The molecule has 0 amide bonds. The minimum absolute atomic E-state index is 0.245. The smallest absolute Gasteiger partial charge is 0.159 e. The number of nitrogens with zero attached hydrogens (tertiary/aromatic N) is 1. The van der Waals surface area contributed by atoms with Gasteiger partial charge in [0.2, 0.25) is 0 Å². The van der Waals surface area contributed by atoms with Gasteiger partial charge in [0.1, 0.15) is 5.82 Å². The number of benzene rings is 1. The van der Waals surface area contributed by atoms with Gasteiger partial charge in [-0.3, -0.25) is 0 Å². The summed E-state index contributed by atoms with van der Waals surface area (Å²) in [7, 11) is 0. The lowest BCUT2D eigenvalue weighted by Crippen LogP contribution is -2.15. The largest absolute Gasteiger partial charge is 0.348 e. The van der Waals surface area contributed by atoms with E-state index in [9.17, 15) is 8.78 Å². The number of hydrogen-bond donors (Lipinski definition) is 2. The Bertz CT molecular complexity index is 468. The molecule has 1 heterocycles. The van der Waals surface area contributed by atoms with Gasteiger partial charge in [-0.2, -0.15) is 0 Å². The van der Waals surface area contributed by atoms with E-state index in [1.165, 1.54) is 6.07 Å². The van der Waals surface area contributed by atoms with Crippen LogP contribution in [0.5, 0.6) is 0 Å². The molecule has 3 N–H and O–H groups in total. The highest BCUT2D eigenvalue weighted by molar-refractivity contribution is 5.27. The third-order valence-corrected chi connectivity index (χ3v) is 2.43. The summed E-state index contributed by atoms with van der Waals surface area (Å²) in [5, 5.41) is 0. The van der Waals surface area contributed by atoms with Crippen molar-refractivity contribution < 1.29 is 8.78 Å². The fourth-order valence-corrected chi connectivity index (χ4v) is 1.60. The van der Waals surface area contributed by atoms with Gasteiger partial charge < -0.3 is 10.7 Å². The van der Waals surface area contributed by atoms with Gasteiger partial charge >= 0.3 is 0 Å². The van der Waals surface area contributed by atoms with Crippen LogP contribution in [0.3, 0.4) is 0 Å². The maximum Gasteiger partial charge on any atom is 0.159 e. The van der Waals surface area contributed by atoms with Crippen LogP contribution in [0.15, 0.2) is 30.6 Å². The summed E-state index contributed by atoms with van der Waals surface area (Å²) in [6.07, 6.45) is 3.26. The number of rotatable bonds is 3. The molecule has 0 spiro atoms. The van der Waals surface area contributed by atoms with Gasteiger partial charge in [0, 0.05) is 18.9 Å². The van der Waals surface area contributed by atoms with Crippen molar-refractivity contribution in [2.75, 3.05) is 6.54 Å². The third-order valence-electron chi connectivity index (χ3n) is 2.43. The summed E-state index contributed by atoms with van der Waals surface area (Å²) < 4.78 is 25.8. The summed E-state index contributed by atoms with van der Waals surface area (Å²) in [6.45, 7) is 0.276. The Morgan fingerprint density at radius 2 is 2.12 bits per heavy atom. The molecule has 1 aromatic heterocycles. The summed E-state index contributed by atoms with van der Waals surface area (Å²) in [6, 6.07) is 3.75. The molecule has 0 aliphatic heterocycles. The first kappa shape index (κ1) is 10.8. The van der Waals surface area contributed by atoms with E-state index >= 15 is 0 Å². The highest BCUT2D eigenvalue weighted by Gasteiger charge is 2.16. The fraction of sp³-hybridized carbons (Fsp3) is 0.182. The lowest BCUT2D eigenvalue weighted by molar-refractivity contribution is 0.506. The zero-order valence-electron chi connectivity index (χ0n) is 8.45. The molecule has 1 aromatic carbocycles. The number of imidazole rings is 1. The lowest BCUT2D eigenvalue weighted by atomic mass is 9.98. The molecule has 0 saturated carbocycles. The molecule has 5 heteroatoms. The number of nitrogens with two attached hydrogens (primary N) is 1. The molecule has 1 unspecified atom stereocenters. The van der Waals surface area contributed by atoms with Crippen molar-refractivity contribution in [3.63, 3.8) is 0 Å². The molecule has 0 aliphatic rings. The zero-order valence-corrected chi connectivity index (χ0v) is 8.45. The van der Waals surface area contributed by atoms with E-state index in [4.69, 9.17) is 5.73 Å². The Kier molecular flexibility index (Phi) is 2.96. The first-order valence-electron chi connectivity index (χ1n) is 4.86. The van der Waals surface area contributed by atoms with Crippen molar-refractivity contribution in [2.45, 2.75) is 5.92 Å². The van der Waals surface area contributed by atoms with E-state index in [1.54, 1.807) is 12.4 Å². The number of halogens is 2. The van der Waals surface area contributed by atoms with Crippen molar-refractivity contribution in [3.8, 4) is 0 Å². The number of aromatic amines is 1. The molecular formula is C11H11F2N3. The van der Waals surface area contributed by atoms with Gasteiger partial charge in [-0.25, -0.2) is 13.8 Å². The van der Waals surface area contributed by atoms with Gasteiger partial charge in [0.15, 0.2) is 11.6 Å². The van der Waals surface area contributed by atoms with Crippen molar-refractivity contribution in [1.82, 2.24) is 9.97 Å². The van der Waals surface area contributed by atoms with Crippen LogP contribution in [0.1, 0.15) is 17.3 Å². The van der Waals surface area contributed by atoms with Crippen LogP contribution in [0.4, 0.5) is 8.78 Å². The second-order valence-corrected chi connectivity index (χ2v) is 3.44. The predicted molar refractivity (Wildman–Crippen MR) is 55.8 cm³/mol. The highest BCUT2D eigenvalue weighted by atomic mass is 19.2. The van der Waals surface area contributed by atoms with Gasteiger partial charge in [0.25, 0.3) is 0 Å². The first-order valence-corrected chi connectivity index (χ1v) is 4.86. The SMILES string of the molecule is NCC(c1ccc(F)c(F)c1)c1ncc[nH]1. The Morgan fingerprint density at radius 3 is 2.69 bits per heavy atom. The number of hydrogen-bond acceptors (Lipinski definition) is 2. The summed E-state index contributed by atoms with van der Waals surface area (Å²) in [5.74, 6) is -1.33. The van der Waals surface area contributed by atoms with Crippen molar-refractivity contribution in [2.24, 2.45) is 5.73 Å². The molecule has 0 aliphatic carbocycles. The quantitative estimate of drug-likeness (QED) is 0.833. The Morgan fingerprint density at radius 1 is 1.31 bits per heavy atom. The highest BCUT2D eigenvalue weighted by Crippen LogP contribution is 2.22. The van der Waals surface area contributed by atoms with E-state index in [0.717, 1.165) is 12.1 Å². The number of aromatic nitrogens is 2. The molecule has 0 bridgehead atoms. The minimum Gasteiger partial charge on any atom is -0.348 e. The monoisotopic (exact) mass is 223 g/mol. The fourth-order valence-electron chi connectivity index (χ4n) is 1.60. The lowest BCUT2D eigenvalue weighted by Gasteiger charge is -2.12. The molecule has 84 valence electrons. The van der Waals surface area contributed by atoms with Gasteiger partial charge in [0.05, 0.1) is 5.92 Å². The molecule has 0 saturated heterocycles. The van der Waals surface area contributed by atoms with Crippen LogP contribution >= 0.6 is 0 Å². The number of H-pyrrole nitrogens is 1. The normalized spacial score (nSPS) is 12.7. The molecule has 0 radical (unpaired) electrons. The molecule has 16 heavy (non-hydrogen) atoms. The van der Waals surface area contributed by atoms with Crippen LogP contribution in [-0.4, -0.2) is 16.5 Å². The molecule has 1 atom stereocenters. The van der Waals surface area contributed by atoms with E-state index < -0.39 is 11.6 Å². The van der Waals surface area contributed by atoms with E-state index in [0.29, 0.717) is 11.4 Å². The van der Waals surface area contributed by atoms with Crippen LogP contribution in [-0.2, 0) is 0 Å². The Labute approximate surface area is 91.3 Å². The van der Waals surface area contributed by atoms with E-state index in [-0.39, 0.29) is 12.5 Å². The van der Waals surface area contributed by atoms with Crippen LogP contribution in [0, 0.1) is 11.6 Å². The molecule has 3 nitrogen and oxygen atoms in total. The third kappa shape index (κ3) is 1.94. The average molecular weight is 223 g/mol. The van der Waals surface area contributed by atoms with E-state index in [1.807, 2.05) is 0 Å². The van der Waals surface area contributed by atoms with Crippen molar-refractivity contribution >= 4 is 0 Å². The van der Waals surface area contributed by atoms with Crippen LogP contribution < -0.4 is 5.73 Å². The summed E-state index contributed by atoms with van der Waals surface area (Å²) in [5.41, 5.74) is 6.22. The average Bonchev–Trinajstić information content (AvgIpc) is 2.78.